The number of nitrogens with zero attached hydrogens (tertiary/aromatic N) is 2. The molecule has 0 saturated carbocycles. The van der Waals surface area contributed by atoms with Crippen molar-refractivity contribution in [3.63, 3.8) is 0 Å². The quantitative estimate of drug-likeness (QED) is 0.207. The zero-order valence-electron chi connectivity index (χ0n) is 26.3. The van der Waals surface area contributed by atoms with Crippen molar-refractivity contribution in [3.05, 3.63) is 76.1 Å². The predicted molar refractivity (Wildman–Crippen MR) is 174 cm³/mol. The summed E-state index contributed by atoms with van der Waals surface area (Å²) in [6.45, 7) is 8.19. The van der Waals surface area contributed by atoms with Crippen molar-refractivity contribution in [3.8, 4) is 0 Å². The maximum absolute atomic E-state index is 12.2. The van der Waals surface area contributed by atoms with Gasteiger partial charge in [0.05, 0.1) is 50.4 Å². The number of nitrogens with one attached hydrogen (secondary N) is 2. The molecule has 0 unspecified atom stereocenters. The minimum absolute atomic E-state index is 0.224. The first-order valence-electron chi connectivity index (χ1n) is 14.6. The molecule has 228 valence electrons. The molecule has 0 aromatic carbocycles. The molecule has 2 aliphatic rings. The van der Waals surface area contributed by atoms with E-state index in [2.05, 4.69) is 35.9 Å². The molecule has 0 radical (unpaired) electrons. The van der Waals surface area contributed by atoms with Crippen LogP contribution >= 0.6 is 0 Å². The zero-order valence-corrected chi connectivity index (χ0v) is 26.3. The molecular formula is C35H38N4O5. The number of carbonyl (C=O) groups is 2. The number of methoxy groups -OCH3 is 3. The van der Waals surface area contributed by atoms with E-state index >= 15 is 0 Å². The zero-order chi connectivity index (χ0) is 31.5. The molecule has 9 heteroatoms. The summed E-state index contributed by atoms with van der Waals surface area (Å²) in [5, 5.41) is 0. The van der Waals surface area contributed by atoms with Crippen LogP contribution in [0.3, 0.4) is 0 Å². The van der Waals surface area contributed by atoms with Crippen molar-refractivity contribution in [2.24, 2.45) is 0 Å². The fourth-order valence-corrected chi connectivity index (χ4v) is 5.71. The van der Waals surface area contributed by atoms with Gasteiger partial charge in [0.2, 0.25) is 0 Å². The van der Waals surface area contributed by atoms with Gasteiger partial charge in [0.15, 0.2) is 0 Å². The molecule has 5 heterocycles. The summed E-state index contributed by atoms with van der Waals surface area (Å²) in [7, 11) is 4.41. The van der Waals surface area contributed by atoms with Crippen LogP contribution < -0.4 is 0 Å². The smallest absolute Gasteiger partial charge is 0.305 e. The molecule has 3 aromatic rings. The van der Waals surface area contributed by atoms with Crippen LogP contribution in [0.5, 0.6) is 0 Å². The Morgan fingerprint density at radius 1 is 0.705 bits per heavy atom. The van der Waals surface area contributed by atoms with Gasteiger partial charge in [-0.3, -0.25) is 9.59 Å². The lowest BCUT2D eigenvalue weighted by Gasteiger charge is -2.06. The highest BCUT2D eigenvalue weighted by Crippen LogP contribution is 2.38. The van der Waals surface area contributed by atoms with Crippen LogP contribution in [0, 0.1) is 13.8 Å². The molecule has 0 atom stereocenters. The first-order chi connectivity index (χ1) is 21.1. The maximum atomic E-state index is 12.2. The molecule has 0 spiro atoms. The summed E-state index contributed by atoms with van der Waals surface area (Å²) in [6.07, 6.45) is 5.00. The lowest BCUT2D eigenvalue weighted by Crippen LogP contribution is -2.01. The van der Waals surface area contributed by atoms with Crippen LogP contribution in [0.4, 0.5) is 0 Å². The number of carbonyl (C=O) groups excluding carboxylic acids is 2. The van der Waals surface area contributed by atoms with E-state index in [0.29, 0.717) is 12.8 Å². The largest absolute Gasteiger partial charge is 0.504 e. The Kier molecular flexibility index (Phi) is 8.85. The van der Waals surface area contributed by atoms with Crippen LogP contribution in [-0.4, -0.2) is 53.2 Å². The molecule has 8 bridgehead atoms. The van der Waals surface area contributed by atoms with Gasteiger partial charge < -0.3 is 24.2 Å². The van der Waals surface area contributed by atoms with E-state index < -0.39 is 0 Å². The van der Waals surface area contributed by atoms with Crippen LogP contribution in [0.15, 0.2) is 36.6 Å². The van der Waals surface area contributed by atoms with E-state index in [1.54, 1.807) is 13.4 Å². The average molecular weight is 595 g/mol. The lowest BCUT2D eigenvalue weighted by molar-refractivity contribution is -0.141. The number of ether oxygens (including phenoxy) is 3. The minimum atomic E-state index is -0.286. The third-order valence-corrected chi connectivity index (χ3v) is 8.34. The molecule has 0 amide bonds. The summed E-state index contributed by atoms with van der Waals surface area (Å²) < 4.78 is 15.1. The maximum Gasteiger partial charge on any atom is 0.305 e. The number of aryl methyl sites for hydroxylation is 2. The highest BCUT2D eigenvalue weighted by Gasteiger charge is 2.22. The number of hydrogen-bond donors (Lipinski definition) is 2. The SMILES string of the molecule is CO/C=C/c1c(C)c2cc3cc(C)c(cc4nc(cc5nc(cc1[nH]2)C(C)=C5CCC(=O)OC)C(CCC(=O)OC)=C4C)[nH]3. The summed E-state index contributed by atoms with van der Waals surface area (Å²) in [4.78, 5) is 41.5. The second-order valence-corrected chi connectivity index (χ2v) is 11.1. The number of allylic oxidation sites excluding steroid dienone is 4. The van der Waals surface area contributed by atoms with Crippen molar-refractivity contribution in [2.45, 2.75) is 53.4 Å². The van der Waals surface area contributed by atoms with E-state index in [9.17, 15) is 9.59 Å². The number of fused-ring (bicyclic) bond motifs is 8. The monoisotopic (exact) mass is 594 g/mol. The first kappa shape index (κ1) is 30.5. The van der Waals surface area contributed by atoms with Crippen molar-refractivity contribution in [2.75, 3.05) is 21.3 Å². The van der Waals surface area contributed by atoms with Gasteiger partial charge in [0.25, 0.3) is 0 Å². The summed E-state index contributed by atoms with van der Waals surface area (Å²) >= 11 is 0. The molecule has 2 N–H and O–H groups in total. The van der Waals surface area contributed by atoms with Crippen LogP contribution in [0.1, 0.15) is 79.0 Å². The van der Waals surface area contributed by atoms with Gasteiger partial charge in [-0.05, 0) is 110 Å². The van der Waals surface area contributed by atoms with E-state index in [1.807, 2.05) is 38.1 Å². The number of rotatable bonds is 8. The predicted octanol–water partition coefficient (Wildman–Crippen LogP) is 7.32. The fraction of sp³-hybridized carbons (Fsp3) is 0.314. The Balaban J connectivity index is 1.85. The normalized spacial score (nSPS) is 13.2. The molecular weight excluding hydrogens is 556 g/mol. The molecule has 0 fully saturated rings. The van der Waals surface area contributed by atoms with Crippen LogP contribution in [-0.2, 0) is 23.8 Å². The highest BCUT2D eigenvalue weighted by molar-refractivity contribution is 5.96. The van der Waals surface area contributed by atoms with Crippen molar-refractivity contribution in [1.29, 1.82) is 0 Å². The van der Waals surface area contributed by atoms with Crippen LogP contribution in [0.25, 0.3) is 50.4 Å². The number of esters is 2. The average Bonchev–Trinajstić information content (AvgIpc) is 3.68. The van der Waals surface area contributed by atoms with E-state index in [1.165, 1.54) is 14.2 Å². The minimum Gasteiger partial charge on any atom is -0.504 e. The lowest BCUT2D eigenvalue weighted by atomic mass is 9.98. The number of aromatic amines is 2. The second-order valence-electron chi connectivity index (χ2n) is 11.1. The molecule has 0 aliphatic carbocycles. The fourth-order valence-electron chi connectivity index (χ4n) is 5.71. The molecule has 2 aliphatic heterocycles. The Labute approximate surface area is 256 Å². The van der Waals surface area contributed by atoms with E-state index in [0.717, 1.165) is 83.8 Å². The third kappa shape index (κ3) is 6.08. The molecule has 3 aromatic heterocycles. The van der Waals surface area contributed by atoms with Gasteiger partial charge in [-0.15, -0.1) is 0 Å². The van der Waals surface area contributed by atoms with E-state index in [4.69, 9.17) is 24.2 Å². The van der Waals surface area contributed by atoms with Gasteiger partial charge in [-0.1, -0.05) is 0 Å². The van der Waals surface area contributed by atoms with Gasteiger partial charge >= 0.3 is 11.9 Å². The topological polar surface area (TPSA) is 119 Å². The Morgan fingerprint density at radius 3 is 1.82 bits per heavy atom. The first-order valence-corrected chi connectivity index (χ1v) is 14.6. The van der Waals surface area contributed by atoms with Gasteiger partial charge in [-0.25, -0.2) is 9.97 Å². The highest BCUT2D eigenvalue weighted by atomic mass is 16.5. The summed E-state index contributed by atoms with van der Waals surface area (Å²) in [5.41, 5.74) is 13.9. The number of hydrogen-bond acceptors (Lipinski definition) is 7. The Hall–Kier alpha value is -4.92. The second kappa shape index (κ2) is 12.8. The van der Waals surface area contributed by atoms with Crippen molar-refractivity contribution >= 4 is 62.4 Å². The molecule has 9 nitrogen and oxygen atoms in total. The number of H-pyrrole nitrogens is 2. The summed E-state index contributed by atoms with van der Waals surface area (Å²) in [6, 6.07) is 10.3. The molecule has 5 rings (SSSR count). The van der Waals surface area contributed by atoms with Gasteiger partial charge in [-0.2, -0.15) is 0 Å². The van der Waals surface area contributed by atoms with Gasteiger partial charge in [0, 0.05) is 40.5 Å². The third-order valence-electron chi connectivity index (χ3n) is 8.34. The van der Waals surface area contributed by atoms with Gasteiger partial charge in [0.1, 0.15) is 0 Å². The molecule has 0 saturated heterocycles. The van der Waals surface area contributed by atoms with E-state index in [-0.39, 0.29) is 24.8 Å². The van der Waals surface area contributed by atoms with Crippen molar-refractivity contribution < 1.29 is 23.8 Å². The van der Waals surface area contributed by atoms with Crippen LogP contribution in [0.2, 0.25) is 0 Å². The Bertz CT molecular complexity index is 1900. The Morgan fingerprint density at radius 2 is 1.27 bits per heavy atom. The number of aromatic nitrogens is 4. The molecule has 44 heavy (non-hydrogen) atoms. The summed E-state index contributed by atoms with van der Waals surface area (Å²) in [5.74, 6) is -0.566. The van der Waals surface area contributed by atoms with Crippen molar-refractivity contribution in [1.82, 2.24) is 19.9 Å². The standard InChI is InChI=1S/C35H38N4O5/c1-19-14-23-15-28-22(4)26(12-13-42-5)31(37-28)17-30-21(3)25(9-11-35(41)44-7)33(39-30)18-32-24(8-10-34(40)43-6)20(2)29(38-32)16-27(19)36-23/h12-18,36-37H,8-11H2,1-7H3/b13-12+,23-15?,27-16?,28-15?,29-16?,30-17?,31-17?,32-18?,33-18?.